The Morgan fingerprint density at radius 3 is 2.56 bits per heavy atom. The molecule has 0 saturated carbocycles. The van der Waals surface area contributed by atoms with E-state index in [2.05, 4.69) is 16.9 Å². The molecule has 7 nitrogen and oxygen atoms in total. The maximum Gasteiger partial charge on any atom is 0.329 e. The van der Waals surface area contributed by atoms with Crippen LogP contribution in [-0.2, 0) is 9.78 Å². The molecular formula is C18H29N3O4. The molecule has 0 saturated heterocycles. The first-order valence-electron chi connectivity index (χ1n) is 8.23. The fourth-order valence-electron chi connectivity index (χ4n) is 1.68. The van der Waals surface area contributed by atoms with Crippen LogP contribution in [0, 0.1) is 0 Å². The Balaban J connectivity index is 2.56. The zero-order chi connectivity index (χ0) is 18.7. The number of hydrogen-bond donors (Lipinski definition) is 2. The number of aliphatic hydroxyl groups is 1. The van der Waals surface area contributed by atoms with E-state index in [0.29, 0.717) is 30.0 Å². The van der Waals surface area contributed by atoms with Gasteiger partial charge in [-0.3, -0.25) is 4.89 Å². The maximum atomic E-state index is 9.84. The number of benzene rings is 1. The van der Waals surface area contributed by atoms with Gasteiger partial charge in [-0.05, 0) is 24.3 Å². The maximum absolute atomic E-state index is 9.84. The SMILES string of the molecule is C=CCOOC(=Nc1ccc(OCC(O)CNC(C)C)cc1)N(C)C. The van der Waals surface area contributed by atoms with Gasteiger partial charge in [0, 0.05) is 26.7 Å². The third-order valence-electron chi connectivity index (χ3n) is 2.97. The van der Waals surface area contributed by atoms with Crippen molar-refractivity contribution in [3.8, 4) is 5.75 Å². The van der Waals surface area contributed by atoms with Crippen LogP contribution in [-0.4, -0.2) is 62.0 Å². The van der Waals surface area contributed by atoms with Crippen LogP contribution in [0.1, 0.15) is 13.8 Å². The van der Waals surface area contributed by atoms with Crippen LogP contribution in [0.4, 0.5) is 5.69 Å². The van der Waals surface area contributed by atoms with Crippen LogP contribution in [0.25, 0.3) is 0 Å². The topological polar surface area (TPSA) is 75.5 Å². The van der Waals surface area contributed by atoms with E-state index >= 15 is 0 Å². The Bertz CT molecular complexity index is 530. The summed E-state index contributed by atoms with van der Waals surface area (Å²) in [4.78, 5) is 16.2. The lowest BCUT2D eigenvalue weighted by atomic mass is 10.3. The lowest BCUT2D eigenvalue weighted by Crippen LogP contribution is -2.35. The van der Waals surface area contributed by atoms with E-state index in [1.165, 1.54) is 0 Å². The number of ether oxygens (including phenoxy) is 1. The molecule has 1 aromatic carbocycles. The number of hydrogen-bond acceptors (Lipinski definition) is 6. The molecule has 0 aromatic heterocycles. The fraction of sp³-hybridized carbons (Fsp3) is 0.500. The fourth-order valence-corrected chi connectivity index (χ4v) is 1.68. The van der Waals surface area contributed by atoms with Crippen molar-refractivity contribution >= 4 is 11.7 Å². The van der Waals surface area contributed by atoms with Crippen LogP contribution in [0.3, 0.4) is 0 Å². The highest BCUT2D eigenvalue weighted by Crippen LogP contribution is 2.19. The molecule has 0 bridgehead atoms. The van der Waals surface area contributed by atoms with Crippen molar-refractivity contribution in [2.45, 2.75) is 26.0 Å². The molecule has 0 aliphatic carbocycles. The lowest BCUT2D eigenvalue weighted by molar-refractivity contribution is -0.219. The minimum absolute atomic E-state index is 0.226. The van der Waals surface area contributed by atoms with Crippen LogP contribution in [0.2, 0.25) is 0 Å². The zero-order valence-corrected chi connectivity index (χ0v) is 15.4. The van der Waals surface area contributed by atoms with Gasteiger partial charge in [-0.15, -0.1) is 6.58 Å². The largest absolute Gasteiger partial charge is 0.491 e. The van der Waals surface area contributed by atoms with Crippen molar-refractivity contribution in [2.75, 3.05) is 33.9 Å². The Kier molecular flexibility index (Phi) is 9.61. The summed E-state index contributed by atoms with van der Waals surface area (Å²) in [7, 11) is 3.61. The Labute approximate surface area is 149 Å². The molecule has 0 spiro atoms. The molecule has 1 rings (SSSR count). The van der Waals surface area contributed by atoms with Crippen molar-refractivity contribution in [3.63, 3.8) is 0 Å². The van der Waals surface area contributed by atoms with Crippen LogP contribution < -0.4 is 10.1 Å². The summed E-state index contributed by atoms with van der Waals surface area (Å²) < 4.78 is 5.57. The summed E-state index contributed by atoms with van der Waals surface area (Å²) >= 11 is 0. The highest BCUT2D eigenvalue weighted by atomic mass is 17.2. The van der Waals surface area contributed by atoms with E-state index in [0.717, 1.165) is 0 Å². The van der Waals surface area contributed by atoms with Crippen LogP contribution in [0.5, 0.6) is 5.75 Å². The Morgan fingerprint density at radius 2 is 2.00 bits per heavy atom. The number of nitrogens with zero attached hydrogens (tertiary/aromatic N) is 2. The van der Waals surface area contributed by atoms with Crippen molar-refractivity contribution in [3.05, 3.63) is 36.9 Å². The second kappa shape index (κ2) is 11.5. The second-order valence-corrected chi connectivity index (χ2v) is 5.97. The molecule has 2 N–H and O–H groups in total. The van der Waals surface area contributed by atoms with Crippen molar-refractivity contribution in [2.24, 2.45) is 4.99 Å². The van der Waals surface area contributed by atoms with E-state index < -0.39 is 6.10 Å². The summed E-state index contributed by atoms with van der Waals surface area (Å²) in [5.41, 5.74) is 0.695. The predicted octanol–water partition coefficient (Wildman–Crippen LogP) is 2.11. The summed E-state index contributed by atoms with van der Waals surface area (Å²) in [6, 6.07) is 7.84. The average molecular weight is 351 g/mol. The molecule has 0 radical (unpaired) electrons. The number of rotatable bonds is 10. The van der Waals surface area contributed by atoms with Crippen molar-refractivity contribution in [1.82, 2.24) is 10.2 Å². The van der Waals surface area contributed by atoms with Gasteiger partial charge in [-0.25, -0.2) is 0 Å². The molecule has 0 fully saturated rings. The van der Waals surface area contributed by atoms with Gasteiger partial charge in [-0.2, -0.15) is 9.88 Å². The first-order chi connectivity index (χ1) is 11.9. The van der Waals surface area contributed by atoms with Gasteiger partial charge in [-0.1, -0.05) is 19.9 Å². The molecule has 25 heavy (non-hydrogen) atoms. The quantitative estimate of drug-likeness (QED) is 0.168. The van der Waals surface area contributed by atoms with Gasteiger partial charge < -0.3 is 20.1 Å². The summed E-state index contributed by atoms with van der Waals surface area (Å²) in [6.45, 7) is 8.60. The Hall–Kier alpha value is -2.09. The smallest absolute Gasteiger partial charge is 0.329 e. The number of nitrogens with one attached hydrogen (secondary N) is 1. The summed E-state index contributed by atoms with van der Waals surface area (Å²) in [6.07, 6.45) is 1.03. The molecule has 1 atom stereocenters. The second-order valence-electron chi connectivity index (χ2n) is 5.97. The Morgan fingerprint density at radius 1 is 1.32 bits per heavy atom. The highest BCUT2D eigenvalue weighted by Gasteiger charge is 2.07. The lowest BCUT2D eigenvalue weighted by Gasteiger charge is -2.15. The van der Waals surface area contributed by atoms with Gasteiger partial charge in [0.2, 0.25) is 0 Å². The number of aliphatic hydroxyl groups excluding tert-OH is 1. The third-order valence-corrected chi connectivity index (χ3v) is 2.97. The number of aliphatic imine (C=N–C) groups is 1. The molecule has 0 aliphatic rings. The van der Waals surface area contributed by atoms with Gasteiger partial charge in [0.15, 0.2) is 0 Å². The molecule has 1 aromatic rings. The van der Waals surface area contributed by atoms with E-state index in [-0.39, 0.29) is 13.2 Å². The monoisotopic (exact) mass is 351 g/mol. The standard InChI is InChI=1S/C18H29N3O4/c1-6-11-24-25-18(21(4)5)20-15-7-9-17(10-8-15)23-13-16(22)12-19-14(2)3/h6-10,14,16,19,22H,1,11-13H2,2-5H3. The molecule has 0 amide bonds. The van der Waals surface area contributed by atoms with E-state index in [1.54, 1.807) is 49.3 Å². The zero-order valence-electron chi connectivity index (χ0n) is 15.4. The van der Waals surface area contributed by atoms with Crippen LogP contribution >= 0.6 is 0 Å². The van der Waals surface area contributed by atoms with Gasteiger partial charge in [0.25, 0.3) is 0 Å². The molecule has 140 valence electrons. The van der Waals surface area contributed by atoms with Gasteiger partial charge in [0.1, 0.15) is 25.1 Å². The molecular weight excluding hydrogens is 322 g/mol. The third kappa shape index (κ3) is 9.09. The van der Waals surface area contributed by atoms with Gasteiger partial charge >= 0.3 is 6.02 Å². The van der Waals surface area contributed by atoms with E-state index in [9.17, 15) is 5.11 Å². The molecule has 0 heterocycles. The predicted molar refractivity (Wildman–Crippen MR) is 99.1 cm³/mol. The molecule has 7 heteroatoms. The van der Waals surface area contributed by atoms with Crippen molar-refractivity contribution < 1.29 is 19.6 Å². The minimum Gasteiger partial charge on any atom is -0.491 e. The average Bonchev–Trinajstić information content (AvgIpc) is 2.58. The molecule has 1 unspecified atom stereocenters. The van der Waals surface area contributed by atoms with Gasteiger partial charge in [0.05, 0.1) is 5.69 Å². The minimum atomic E-state index is -0.559. The highest BCUT2D eigenvalue weighted by molar-refractivity contribution is 5.76. The van der Waals surface area contributed by atoms with Crippen molar-refractivity contribution in [1.29, 1.82) is 0 Å². The first-order valence-corrected chi connectivity index (χ1v) is 8.23. The number of amidine groups is 1. The molecule has 0 aliphatic heterocycles. The van der Waals surface area contributed by atoms with Crippen LogP contribution in [0.15, 0.2) is 41.9 Å². The summed E-state index contributed by atoms with van der Waals surface area (Å²) in [5.74, 6) is 0.665. The normalized spacial score (nSPS) is 12.8. The van der Waals surface area contributed by atoms with E-state index in [4.69, 9.17) is 14.5 Å². The van der Waals surface area contributed by atoms with E-state index in [1.807, 2.05) is 13.8 Å². The summed E-state index contributed by atoms with van der Waals surface area (Å²) in [5, 5.41) is 13.0. The first kappa shape index (κ1) is 21.0.